The number of halogens is 3. The molecule has 30 heavy (non-hydrogen) atoms. The molecule has 9 heteroatoms. The van der Waals surface area contributed by atoms with Crippen molar-refractivity contribution in [1.29, 1.82) is 0 Å². The summed E-state index contributed by atoms with van der Waals surface area (Å²) in [5, 5.41) is 3.04. The molecule has 158 valence electrons. The first-order chi connectivity index (χ1) is 14.1. The molecular weight excluding hydrogens is 397 g/mol. The minimum Gasteiger partial charge on any atom is -0.376 e. The van der Waals surface area contributed by atoms with Gasteiger partial charge in [0.25, 0.3) is 5.56 Å². The zero-order valence-corrected chi connectivity index (χ0v) is 16.5. The summed E-state index contributed by atoms with van der Waals surface area (Å²) in [7, 11) is 3.36. The number of hydrogen-bond acceptors (Lipinski definition) is 4. The van der Waals surface area contributed by atoms with E-state index in [0.717, 1.165) is 12.1 Å². The average molecular weight is 418 g/mol. The van der Waals surface area contributed by atoms with E-state index in [1.165, 1.54) is 6.07 Å². The first kappa shape index (κ1) is 21.4. The highest BCUT2D eigenvalue weighted by atomic mass is 19.4. The van der Waals surface area contributed by atoms with Crippen molar-refractivity contribution >= 4 is 28.2 Å². The molecule has 0 aliphatic carbocycles. The Morgan fingerprint density at radius 1 is 1.17 bits per heavy atom. The first-order valence-corrected chi connectivity index (χ1v) is 9.31. The van der Waals surface area contributed by atoms with Crippen LogP contribution in [0.15, 0.2) is 47.3 Å². The number of fused-ring (bicyclic) bond motifs is 1. The fraction of sp³-hybridized carbons (Fsp3) is 0.286. The van der Waals surface area contributed by atoms with Gasteiger partial charge in [-0.2, -0.15) is 13.2 Å². The first-order valence-electron chi connectivity index (χ1n) is 9.31. The summed E-state index contributed by atoms with van der Waals surface area (Å²) >= 11 is 0. The molecule has 0 saturated heterocycles. The Hall–Kier alpha value is -3.36. The van der Waals surface area contributed by atoms with E-state index in [0.29, 0.717) is 35.3 Å². The second kappa shape index (κ2) is 8.56. The van der Waals surface area contributed by atoms with E-state index in [2.05, 4.69) is 15.3 Å². The van der Waals surface area contributed by atoms with Crippen LogP contribution in [0.2, 0.25) is 0 Å². The van der Waals surface area contributed by atoms with Crippen LogP contribution in [0.25, 0.3) is 10.9 Å². The van der Waals surface area contributed by atoms with Gasteiger partial charge in [0.05, 0.1) is 27.8 Å². The van der Waals surface area contributed by atoms with Crippen LogP contribution in [-0.4, -0.2) is 30.0 Å². The third-order valence-corrected chi connectivity index (χ3v) is 4.56. The second-order valence-electron chi connectivity index (χ2n) is 7.06. The van der Waals surface area contributed by atoms with Gasteiger partial charge in [-0.25, -0.2) is 4.98 Å². The highest BCUT2D eigenvalue weighted by Crippen LogP contribution is 2.35. The number of alkyl halides is 3. The lowest BCUT2D eigenvalue weighted by Gasteiger charge is -2.19. The molecule has 0 aliphatic rings. The fourth-order valence-corrected chi connectivity index (χ4v) is 3.08. The summed E-state index contributed by atoms with van der Waals surface area (Å²) in [6, 6.07) is 10.2. The third-order valence-electron chi connectivity index (χ3n) is 4.56. The Bertz CT molecular complexity index is 1120. The van der Waals surface area contributed by atoms with Gasteiger partial charge < -0.3 is 15.2 Å². The van der Waals surface area contributed by atoms with Crippen molar-refractivity contribution in [2.45, 2.75) is 25.4 Å². The van der Waals surface area contributed by atoms with Crippen LogP contribution in [0.5, 0.6) is 0 Å². The molecule has 0 bridgehead atoms. The predicted molar refractivity (Wildman–Crippen MR) is 110 cm³/mol. The van der Waals surface area contributed by atoms with Gasteiger partial charge in [0, 0.05) is 26.9 Å². The predicted octanol–water partition coefficient (Wildman–Crippen LogP) is 3.97. The van der Waals surface area contributed by atoms with Crippen molar-refractivity contribution in [2.24, 2.45) is 0 Å². The maximum atomic E-state index is 13.0. The van der Waals surface area contributed by atoms with E-state index in [4.69, 9.17) is 0 Å². The van der Waals surface area contributed by atoms with Gasteiger partial charge in [0.2, 0.25) is 5.91 Å². The van der Waals surface area contributed by atoms with E-state index in [-0.39, 0.29) is 17.7 Å². The molecule has 3 rings (SSSR count). The van der Waals surface area contributed by atoms with Crippen LogP contribution >= 0.6 is 0 Å². The van der Waals surface area contributed by atoms with Crippen molar-refractivity contribution in [3.8, 4) is 0 Å². The molecule has 3 aromatic rings. The molecule has 2 aromatic carbocycles. The van der Waals surface area contributed by atoms with Crippen LogP contribution in [0.1, 0.15) is 24.2 Å². The molecular formula is C21H21F3N4O2. The number of benzene rings is 2. The lowest BCUT2D eigenvalue weighted by atomic mass is 10.1. The van der Waals surface area contributed by atoms with Crippen molar-refractivity contribution < 1.29 is 18.0 Å². The minimum absolute atomic E-state index is 0.0691. The van der Waals surface area contributed by atoms with E-state index in [9.17, 15) is 22.8 Å². The van der Waals surface area contributed by atoms with Gasteiger partial charge in [-0.05, 0) is 36.8 Å². The van der Waals surface area contributed by atoms with Gasteiger partial charge in [-0.1, -0.05) is 12.1 Å². The molecule has 1 heterocycles. The number of aryl methyl sites for hydroxylation is 1. The monoisotopic (exact) mass is 418 g/mol. The van der Waals surface area contributed by atoms with Gasteiger partial charge in [-0.3, -0.25) is 9.59 Å². The fourth-order valence-electron chi connectivity index (χ4n) is 3.08. The van der Waals surface area contributed by atoms with E-state index >= 15 is 0 Å². The van der Waals surface area contributed by atoms with E-state index in [1.54, 1.807) is 43.3 Å². The van der Waals surface area contributed by atoms with Crippen LogP contribution in [-0.2, 0) is 17.4 Å². The summed E-state index contributed by atoms with van der Waals surface area (Å²) in [4.78, 5) is 33.1. The molecule has 1 aromatic heterocycles. The lowest BCUT2D eigenvalue weighted by molar-refractivity contribution is -0.137. The number of amides is 1. The zero-order chi connectivity index (χ0) is 21.9. The largest absolute Gasteiger partial charge is 0.416 e. The molecule has 0 unspecified atom stereocenters. The second-order valence-corrected chi connectivity index (χ2v) is 7.06. The number of anilines is 2. The molecule has 0 atom stereocenters. The highest BCUT2D eigenvalue weighted by Gasteiger charge is 2.31. The van der Waals surface area contributed by atoms with Gasteiger partial charge in [-0.15, -0.1) is 0 Å². The smallest absolute Gasteiger partial charge is 0.376 e. The highest BCUT2D eigenvalue weighted by molar-refractivity contribution is 5.94. The van der Waals surface area contributed by atoms with E-state index in [1.807, 2.05) is 0 Å². The minimum atomic E-state index is -4.50. The molecule has 1 amide bonds. The van der Waals surface area contributed by atoms with Crippen LogP contribution < -0.4 is 15.8 Å². The van der Waals surface area contributed by atoms with Gasteiger partial charge in [0.1, 0.15) is 5.82 Å². The molecule has 0 aliphatic heterocycles. The van der Waals surface area contributed by atoms with Gasteiger partial charge >= 0.3 is 6.18 Å². The van der Waals surface area contributed by atoms with Crippen LogP contribution in [0.3, 0.4) is 0 Å². The van der Waals surface area contributed by atoms with Gasteiger partial charge in [0.15, 0.2) is 0 Å². The molecule has 0 spiro atoms. The van der Waals surface area contributed by atoms with Crippen molar-refractivity contribution in [3.05, 3.63) is 64.2 Å². The Morgan fingerprint density at radius 2 is 1.90 bits per heavy atom. The number of nitrogens with one attached hydrogen (secondary N) is 2. The van der Waals surface area contributed by atoms with Crippen molar-refractivity contribution in [1.82, 2.24) is 9.97 Å². The normalized spacial score (nSPS) is 11.5. The SMILES string of the molecule is CN(C)c1ccc(C(F)(F)F)cc1NC(=O)CCCc1nc2ccccc2c(=O)[nH]1. The topological polar surface area (TPSA) is 78.1 Å². The van der Waals surface area contributed by atoms with Crippen molar-refractivity contribution in [3.63, 3.8) is 0 Å². The Balaban J connectivity index is 1.67. The van der Waals surface area contributed by atoms with Crippen molar-refractivity contribution in [2.75, 3.05) is 24.3 Å². The molecule has 0 saturated carbocycles. The lowest BCUT2D eigenvalue weighted by Crippen LogP contribution is -2.18. The number of aromatic nitrogens is 2. The Labute approximate surface area is 170 Å². The maximum absolute atomic E-state index is 13.0. The Kier molecular flexibility index (Phi) is 6.09. The quantitative estimate of drug-likeness (QED) is 0.635. The maximum Gasteiger partial charge on any atom is 0.416 e. The van der Waals surface area contributed by atoms with Crippen LogP contribution in [0.4, 0.5) is 24.5 Å². The summed E-state index contributed by atoms with van der Waals surface area (Å²) < 4.78 is 39.0. The van der Waals surface area contributed by atoms with E-state index < -0.39 is 17.6 Å². The number of carbonyl (C=O) groups excluding carboxylic acids is 1. The number of H-pyrrole nitrogens is 1. The molecule has 6 nitrogen and oxygen atoms in total. The molecule has 2 N–H and O–H groups in total. The number of nitrogens with zero attached hydrogens (tertiary/aromatic N) is 2. The zero-order valence-electron chi connectivity index (χ0n) is 16.5. The summed E-state index contributed by atoms with van der Waals surface area (Å²) in [5.41, 5.74) is 0.0511. The molecule has 0 fully saturated rings. The molecule has 0 radical (unpaired) electrons. The number of rotatable bonds is 6. The Morgan fingerprint density at radius 3 is 2.60 bits per heavy atom. The van der Waals surface area contributed by atoms with Crippen LogP contribution in [0, 0.1) is 0 Å². The third kappa shape index (κ3) is 4.97. The average Bonchev–Trinajstić information content (AvgIpc) is 2.67. The summed E-state index contributed by atoms with van der Waals surface area (Å²) in [5.74, 6) is 0.0418. The number of hydrogen-bond donors (Lipinski definition) is 2. The number of carbonyl (C=O) groups is 1. The summed E-state index contributed by atoms with van der Waals surface area (Å²) in [6.45, 7) is 0. The standard InChI is InChI=1S/C21H21F3N4O2/c1-28(2)17-11-10-13(21(22,23)24)12-16(17)26-19(29)9-5-8-18-25-15-7-4-3-6-14(15)20(30)27-18/h3-4,6-7,10-12H,5,8-9H2,1-2H3,(H,26,29)(H,25,27,30). The number of para-hydroxylation sites is 1. The summed E-state index contributed by atoms with van der Waals surface area (Å²) in [6.07, 6.45) is -3.70. The number of aromatic amines is 1.